The Balaban J connectivity index is 1.37. The fourth-order valence-corrected chi connectivity index (χ4v) is 4.27. The predicted molar refractivity (Wildman–Crippen MR) is 107 cm³/mol. The van der Waals surface area contributed by atoms with Gasteiger partial charge in [-0.25, -0.2) is 0 Å². The summed E-state index contributed by atoms with van der Waals surface area (Å²) in [5, 5.41) is 0.686. The molecule has 7 heteroatoms. The lowest BCUT2D eigenvalue weighted by molar-refractivity contribution is -0.137. The average molecular weight is 423 g/mol. The Morgan fingerprint density at radius 3 is 2.48 bits per heavy atom. The van der Waals surface area contributed by atoms with Crippen LogP contribution in [-0.4, -0.2) is 37.0 Å². The molecule has 4 rings (SSSR count). The molecule has 29 heavy (non-hydrogen) atoms. The van der Waals surface area contributed by atoms with Gasteiger partial charge in [0.15, 0.2) is 0 Å². The van der Waals surface area contributed by atoms with Gasteiger partial charge in [-0.05, 0) is 48.6 Å². The number of alkyl halides is 3. The molecule has 1 amide bonds. The van der Waals surface area contributed by atoms with E-state index in [1.54, 1.807) is 6.07 Å². The summed E-state index contributed by atoms with van der Waals surface area (Å²) in [7, 11) is 0. The zero-order chi connectivity index (χ0) is 20.8. The molecule has 2 aromatic rings. The number of carbonyl (C=O) groups excluding carboxylic acids is 1. The van der Waals surface area contributed by atoms with Crippen LogP contribution in [0.5, 0.6) is 0 Å². The highest BCUT2D eigenvalue weighted by molar-refractivity contribution is 6.30. The molecular weight excluding hydrogens is 401 g/mol. The van der Waals surface area contributed by atoms with Crippen molar-refractivity contribution in [2.24, 2.45) is 5.92 Å². The van der Waals surface area contributed by atoms with Crippen molar-refractivity contribution in [1.29, 1.82) is 0 Å². The number of piperazine rings is 1. The van der Waals surface area contributed by atoms with Gasteiger partial charge in [-0.3, -0.25) is 4.79 Å². The van der Waals surface area contributed by atoms with E-state index in [2.05, 4.69) is 4.90 Å². The highest BCUT2D eigenvalue weighted by Crippen LogP contribution is 2.49. The molecule has 1 saturated carbocycles. The summed E-state index contributed by atoms with van der Waals surface area (Å²) in [6, 6.07) is 11.1. The van der Waals surface area contributed by atoms with Crippen LogP contribution in [0.25, 0.3) is 0 Å². The molecule has 2 fully saturated rings. The topological polar surface area (TPSA) is 23.6 Å². The molecule has 2 aromatic carbocycles. The van der Waals surface area contributed by atoms with Crippen molar-refractivity contribution in [3.8, 4) is 0 Å². The highest BCUT2D eigenvalue weighted by Gasteiger charge is 2.46. The predicted octanol–water partition coefficient (Wildman–Crippen LogP) is 5.12. The van der Waals surface area contributed by atoms with Gasteiger partial charge in [-0.15, -0.1) is 0 Å². The Morgan fingerprint density at radius 2 is 1.79 bits per heavy atom. The molecule has 0 spiro atoms. The maximum Gasteiger partial charge on any atom is 0.416 e. The summed E-state index contributed by atoms with van der Waals surface area (Å²) in [6.07, 6.45) is -3.74. The Morgan fingerprint density at radius 1 is 1.07 bits per heavy atom. The first kappa shape index (κ1) is 20.1. The van der Waals surface area contributed by atoms with Gasteiger partial charge in [0.2, 0.25) is 5.91 Å². The minimum Gasteiger partial charge on any atom is -0.368 e. The third kappa shape index (κ3) is 4.22. The standard InChI is InChI=1S/C22H22ClF3N2O/c1-14-5-6-17(23)12-20(14)27-7-9-28(10-8-27)21(29)19-13-18(19)15-3-2-4-16(11-15)22(24,25)26/h2-6,11-12,18-19H,7-10,13H2,1H3/t18-,19?/m0/s1. The minimum atomic E-state index is -4.36. The van der Waals surface area contributed by atoms with Crippen LogP contribution in [0.4, 0.5) is 18.9 Å². The van der Waals surface area contributed by atoms with Crippen molar-refractivity contribution in [2.75, 3.05) is 31.1 Å². The lowest BCUT2D eigenvalue weighted by Gasteiger charge is -2.37. The van der Waals surface area contributed by atoms with Crippen molar-refractivity contribution < 1.29 is 18.0 Å². The van der Waals surface area contributed by atoms with Crippen LogP contribution in [-0.2, 0) is 11.0 Å². The van der Waals surface area contributed by atoms with E-state index in [1.807, 2.05) is 30.0 Å². The fraction of sp³-hybridized carbons (Fsp3) is 0.409. The summed E-state index contributed by atoms with van der Waals surface area (Å²) in [5.74, 6) is -0.272. The molecule has 154 valence electrons. The number of halogens is 4. The molecule has 1 saturated heterocycles. The van der Waals surface area contributed by atoms with Crippen molar-refractivity contribution in [3.63, 3.8) is 0 Å². The van der Waals surface area contributed by atoms with Gasteiger partial charge in [0.1, 0.15) is 0 Å². The molecule has 0 bridgehead atoms. The second-order valence-electron chi connectivity index (χ2n) is 7.82. The molecule has 0 aromatic heterocycles. The number of rotatable bonds is 3. The normalized spacial score (nSPS) is 22.0. The zero-order valence-electron chi connectivity index (χ0n) is 16.0. The summed E-state index contributed by atoms with van der Waals surface area (Å²) in [6.45, 7) is 4.68. The van der Waals surface area contributed by atoms with Gasteiger partial charge < -0.3 is 9.80 Å². The molecule has 0 radical (unpaired) electrons. The Hall–Kier alpha value is -2.21. The average Bonchev–Trinajstić information content (AvgIpc) is 3.50. The second kappa shape index (κ2) is 7.56. The van der Waals surface area contributed by atoms with Crippen molar-refractivity contribution in [2.45, 2.75) is 25.4 Å². The lowest BCUT2D eigenvalue weighted by Crippen LogP contribution is -2.49. The number of carbonyl (C=O) groups is 1. The van der Waals surface area contributed by atoms with E-state index in [-0.39, 0.29) is 17.7 Å². The second-order valence-corrected chi connectivity index (χ2v) is 8.25. The van der Waals surface area contributed by atoms with E-state index >= 15 is 0 Å². The van der Waals surface area contributed by atoms with Crippen molar-refractivity contribution in [3.05, 3.63) is 64.2 Å². The number of nitrogens with zero attached hydrogens (tertiary/aromatic N) is 2. The van der Waals surface area contributed by atoms with Crippen LogP contribution in [0.15, 0.2) is 42.5 Å². The SMILES string of the molecule is Cc1ccc(Cl)cc1N1CCN(C(=O)C2C[C@H]2c2cccc(C(F)(F)F)c2)CC1. The minimum absolute atomic E-state index is 0.0508. The smallest absolute Gasteiger partial charge is 0.368 e. The number of amides is 1. The summed E-state index contributed by atoms with van der Waals surface area (Å²) in [4.78, 5) is 16.9. The molecule has 0 N–H and O–H groups in total. The summed E-state index contributed by atoms with van der Waals surface area (Å²) < 4.78 is 38.8. The van der Waals surface area contributed by atoms with E-state index in [0.717, 1.165) is 17.3 Å². The largest absolute Gasteiger partial charge is 0.416 e. The van der Waals surface area contributed by atoms with Crippen LogP contribution in [0.3, 0.4) is 0 Å². The van der Waals surface area contributed by atoms with Gasteiger partial charge in [0.05, 0.1) is 5.56 Å². The third-order valence-corrected chi connectivity index (χ3v) is 6.09. The third-order valence-electron chi connectivity index (χ3n) is 5.85. The number of hydrogen-bond donors (Lipinski definition) is 0. The van der Waals surface area contributed by atoms with E-state index < -0.39 is 11.7 Å². The summed E-state index contributed by atoms with van der Waals surface area (Å²) >= 11 is 6.12. The monoisotopic (exact) mass is 422 g/mol. The molecular formula is C22H22ClF3N2O. The Bertz CT molecular complexity index is 923. The highest BCUT2D eigenvalue weighted by atomic mass is 35.5. The van der Waals surface area contributed by atoms with Crippen LogP contribution in [0.1, 0.15) is 29.0 Å². The maximum absolute atomic E-state index is 12.9. The number of anilines is 1. The first-order valence-corrected chi connectivity index (χ1v) is 10.1. The molecule has 1 unspecified atom stereocenters. The molecule has 3 nitrogen and oxygen atoms in total. The Kier molecular flexibility index (Phi) is 5.23. The number of benzene rings is 2. The molecule has 2 aliphatic rings. The zero-order valence-corrected chi connectivity index (χ0v) is 16.8. The maximum atomic E-state index is 12.9. The molecule has 1 aliphatic carbocycles. The quantitative estimate of drug-likeness (QED) is 0.685. The van der Waals surface area contributed by atoms with Crippen LogP contribution >= 0.6 is 11.6 Å². The van der Waals surface area contributed by atoms with Gasteiger partial charge in [0, 0.05) is 42.8 Å². The van der Waals surface area contributed by atoms with Crippen molar-refractivity contribution in [1.82, 2.24) is 4.90 Å². The first-order valence-electron chi connectivity index (χ1n) is 9.71. The Labute approximate surface area is 173 Å². The van der Waals surface area contributed by atoms with Crippen LogP contribution in [0.2, 0.25) is 5.02 Å². The van der Waals surface area contributed by atoms with E-state index in [0.29, 0.717) is 43.2 Å². The first-order chi connectivity index (χ1) is 13.7. The van der Waals surface area contributed by atoms with Gasteiger partial charge >= 0.3 is 6.18 Å². The molecule has 1 heterocycles. The van der Waals surface area contributed by atoms with E-state index in [4.69, 9.17) is 11.6 Å². The molecule has 1 aliphatic heterocycles. The summed E-state index contributed by atoms with van der Waals surface area (Å²) in [5.41, 5.74) is 2.17. The van der Waals surface area contributed by atoms with Gasteiger partial charge in [0.25, 0.3) is 0 Å². The molecule has 2 atom stereocenters. The van der Waals surface area contributed by atoms with E-state index in [1.165, 1.54) is 12.1 Å². The van der Waals surface area contributed by atoms with Gasteiger partial charge in [-0.1, -0.05) is 35.9 Å². The fourth-order valence-electron chi connectivity index (χ4n) is 4.11. The van der Waals surface area contributed by atoms with Crippen LogP contribution < -0.4 is 4.90 Å². The number of hydrogen-bond acceptors (Lipinski definition) is 2. The van der Waals surface area contributed by atoms with Crippen LogP contribution in [0, 0.1) is 12.8 Å². The van der Waals surface area contributed by atoms with E-state index in [9.17, 15) is 18.0 Å². The number of aryl methyl sites for hydroxylation is 1. The van der Waals surface area contributed by atoms with Crippen molar-refractivity contribution >= 4 is 23.2 Å². The lowest BCUT2D eigenvalue weighted by atomic mass is 10.0. The van der Waals surface area contributed by atoms with Gasteiger partial charge in [-0.2, -0.15) is 13.2 Å².